The van der Waals surface area contributed by atoms with Gasteiger partial charge in [0.2, 0.25) is 5.91 Å². The highest BCUT2D eigenvalue weighted by Gasteiger charge is 2.48. The van der Waals surface area contributed by atoms with E-state index in [4.69, 9.17) is 0 Å². The number of carbonyl (C=O) groups excluding carboxylic acids is 2. The van der Waals surface area contributed by atoms with Crippen LogP contribution in [0.2, 0.25) is 0 Å². The van der Waals surface area contributed by atoms with E-state index in [2.05, 4.69) is 27.3 Å². The number of hydrogen-bond donors (Lipinski definition) is 1. The molecule has 0 spiro atoms. The summed E-state index contributed by atoms with van der Waals surface area (Å²) in [4.78, 5) is 27.5. The van der Waals surface area contributed by atoms with Gasteiger partial charge in [-0.1, -0.05) is 35.3 Å². The summed E-state index contributed by atoms with van der Waals surface area (Å²) in [6, 6.07) is 10.1. The van der Waals surface area contributed by atoms with Gasteiger partial charge in [-0.25, -0.2) is 18.5 Å². The molecule has 3 amide bonds. The first-order valence-corrected chi connectivity index (χ1v) is 9.34. The molecule has 1 aliphatic rings. The van der Waals surface area contributed by atoms with Gasteiger partial charge in [0.1, 0.15) is 5.69 Å². The summed E-state index contributed by atoms with van der Waals surface area (Å²) < 4.78 is 29.7. The van der Waals surface area contributed by atoms with Crippen molar-refractivity contribution in [1.29, 1.82) is 0 Å². The average molecular weight is 421 g/mol. The first-order chi connectivity index (χ1) is 14.8. The van der Waals surface area contributed by atoms with E-state index in [1.54, 1.807) is 31.2 Å². The first-order valence-electron chi connectivity index (χ1n) is 9.34. The number of nitrogens with zero attached hydrogens (tertiary/aromatic N) is 4. The molecule has 0 unspecified atom stereocenters. The van der Waals surface area contributed by atoms with E-state index in [0.29, 0.717) is 16.2 Å². The lowest BCUT2D eigenvalue weighted by Crippen LogP contribution is -2.60. The van der Waals surface area contributed by atoms with Gasteiger partial charge in [-0.05, 0) is 31.2 Å². The molecule has 1 atom stereocenters. The van der Waals surface area contributed by atoms with Crippen LogP contribution in [-0.2, 0) is 10.3 Å². The summed E-state index contributed by atoms with van der Waals surface area (Å²) in [5.74, 6) is 2.64. The zero-order valence-corrected chi connectivity index (χ0v) is 16.7. The highest BCUT2D eigenvalue weighted by molar-refractivity contribution is 6.16. The summed E-state index contributed by atoms with van der Waals surface area (Å²) in [5, 5.41) is 9.93. The highest BCUT2D eigenvalue weighted by atomic mass is 19.1. The second-order valence-electron chi connectivity index (χ2n) is 7.30. The third-order valence-corrected chi connectivity index (χ3v) is 5.32. The molecule has 1 N–H and O–H groups in total. The molecule has 7 nitrogen and oxygen atoms in total. The fourth-order valence-corrected chi connectivity index (χ4v) is 3.43. The minimum absolute atomic E-state index is 0.0845. The highest BCUT2D eigenvalue weighted by Crippen LogP contribution is 2.38. The number of aromatic nitrogens is 3. The lowest BCUT2D eigenvalue weighted by atomic mass is 9.89. The molecule has 156 valence electrons. The fourth-order valence-electron chi connectivity index (χ4n) is 3.43. The molecule has 0 radical (unpaired) electrons. The van der Waals surface area contributed by atoms with Crippen LogP contribution < -0.4 is 4.90 Å². The Labute approximate surface area is 176 Å². The number of halogens is 2. The molecular formula is C22H17F2N5O2. The normalized spacial score (nSPS) is 18.7. The standard InChI is InChI=1S/C22H17F2N5O2/c1-22(18-13-25-27-26-18)12-19(30)29(21(31)28(22)2)20-16(23)10-15(11-17(20)24)9-8-14-6-4-3-5-7-14/h3-7,10-11,13H,12H2,1-2H3,(H,25,26,27)/t22-/m0/s1. The summed E-state index contributed by atoms with van der Waals surface area (Å²) in [5.41, 5.74) is -0.604. The zero-order valence-electron chi connectivity index (χ0n) is 16.7. The van der Waals surface area contributed by atoms with E-state index in [1.165, 1.54) is 18.1 Å². The molecule has 4 rings (SSSR count). The van der Waals surface area contributed by atoms with Gasteiger partial charge in [-0.15, -0.1) is 5.10 Å². The second kappa shape index (κ2) is 7.65. The van der Waals surface area contributed by atoms with Gasteiger partial charge in [-0.2, -0.15) is 0 Å². The number of carbonyl (C=O) groups is 2. The van der Waals surface area contributed by atoms with Crippen molar-refractivity contribution in [3.05, 3.63) is 77.1 Å². The van der Waals surface area contributed by atoms with Gasteiger partial charge in [0.15, 0.2) is 11.6 Å². The van der Waals surface area contributed by atoms with Crippen LogP contribution in [0.4, 0.5) is 19.3 Å². The minimum atomic E-state index is -1.08. The Bertz CT molecular complexity index is 1190. The SMILES string of the molecule is CN1C(=O)N(c2c(F)cc(C#Cc3ccccc3)cc2F)C(=O)C[C@@]1(C)c1cnn[nH]1. The molecule has 0 saturated carbocycles. The molecule has 0 bridgehead atoms. The van der Waals surface area contributed by atoms with Crippen molar-refractivity contribution in [2.24, 2.45) is 0 Å². The smallest absolute Gasteiger partial charge is 0.315 e. The molecule has 2 heterocycles. The van der Waals surface area contributed by atoms with E-state index in [9.17, 15) is 18.4 Å². The van der Waals surface area contributed by atoms with Crippen molar-refractivity contribution >= 4 is 17.6 Å². The number of benzene rings is 2. The molecule has 0 aliphatic carbocycles. The van der Waals surface area contributed by atoms with Crippen LogP contribution in [-0.4, -0.2) is 39.3 Å². The Balaban J connectivity index is 1.68. The number of nitrogens with one attached hydrogen (secondary N) is 1. The molecule has 2 aromatic carbocycles. The maximum Gasteiger partial charge on any atom is 0.332 e. The number of amides is 3. The third-order valence-electron chi connectivity index (χ3n) is 5.32. The number of H-pyrrole nitrogens is 1. The van der Waals surface area contributed by atoms with Gasteiger partial charge in [0.05, 0.1) is 23.9 Å². The van der Waals surface area contributed by atoms with Crippen LogP contribution in [0.5, 0.6) is 0 Å². The lowest BCUT2D eigenvalue weighted by molar-refractivity contribution is -0.122. The van der Waals surface area contributed by atoms with Crippen molar-refractivity contribution in [3.63, 3.8) is 0 Å². The van der Waals surface area contributed by atoms with Gasteiger partial charge in [-0.3, -0.25) is 9.89 Å². The molecular weight excluding hydrogens is 404 g/mol. The zero-order chi connectivity index (χ0) is 22.2. The van der Waals surface area contributed by atoms with Crippen LogP contribution in [0.3, 0.4) is 0 Å². The van der Waals surface area contributed by atoms with E-state index < -0.39 is 34.8 Å². The maximum atomic E-state index is 14.9. The quantitative estimate of drug-likeness (QED) is 0.645. The van der Waals surface area contributed by atoms with Gasteiger partial charge >= 0.3 is 6.03 Å². The molecule has 1 aliphatic heterocycles. The largest absolute Gasteiger partial charge is 0.332 e. The maximum absolute atomic E-state index is 14.9. The molecule has 3 aromatic rings. The Morgan fingerprint density at radius 2 is 1.71 bits per heavy atom. The Morgan fingerprint density at radius 1 is 1.06 bits per heavy atom. The number of anilines is 1. The molecule has 1 fully saturated rings. The summed E-state index contributed by atoms with van der Waals surface area (Å²) in [6.45, 7) is 1.64. The van der Waals surface area contributed by atoms with Crippen molar-refractivity contribution in [1.82, 2.24) is 20.3 Å². The molecule has 31 heavy (non-hydrogen) atoms. The van der Waals surface area contributed by atoms with Gasteiger partial charge < -0.3 is 4.90 Å². The van der Waals surface area contributed by atoms with Crippen molar-refractivity contribution < 1.29 is 18.4 Å². The van der Waals surface area contributed by atoms with Crippen molar-refractivity contribution in [2.75, 3.05) is 11.9 Å². The van der Waals surface area contributed by atoms with E-state index in [1.807, 2.05) is 6.07 Å². The molecule has 1 aromatic heterocycles. The van der Waals surface area contributed by atoms with Gasteiger partial charge in [0.25, 0.3) is 0 Å². The predicted octanol–water partition coefficient (Wildman–Crippen LogP) is 3.19. The number of aromatic amines is 1. The molecule has 1 saturated heterocycles. The Morgan fingerprint density at radius 3 is 2.32 bits per heavy atom. The Kier molecular flexibility index (Phi) is 4.99. The van der Waals surface area contributed by atoms with Crippen molar-refractivity contribution in [2.45, 2.75) is 18.9 Å². The van der Waals surface area contributed by atoms with E-state index >= 15 is 0 Å². The van der Waals surface area contributed by atoms with E-state index in [-0.39, 0.29) is 12.0 Å². The van der Waals surface area contributed by atoms with E-state index in [0.717, 1.165) is 12.1 Å². The van der Waals surface area contributed by atoms with Crippen LogP contribution in [0, 0.1) is 23.5 Å². The number of urea groups is 1. The predicted molar refractivity (Wildman–Crippen MR) is 108 cm³/mol. The number of imide groups is 1. The van der Waals surface area contributed by atoms with Crippen LogP contribution in [0.25, 0.3) is 0 Å². The minimum Gasteiger partial charge on any atom is -0.315 e. The Hall–Kier alpha value is -4.06. The fraction of sp³-hybridized carbons (Fsp3) is 0.182. The third kappa shape index (κ3) is 3.53. The molecule has 9 heteroatoms. The topological polar surface area (TPSA) is 82.2 Å². The summed E-state index contributed by atoms with van der Waals surface area (Å²) in [7, 11) is 1.44. The van der Waals surface area contributed by atoms with Crippen LogP contribution in [0.1, 0.15) is 30.2 Å². The summed E-state index contributed by atoms with van der Waals surface area (Å²) in [6.07, 6.45) is 1.18. The van der Waals surface area contributed by atoms with Crippen LogP contribution >= 0.6 is 0 Å². The lowest BCUT2D eigenvalue weighted by Gasteiger charge is -2.44. The average Bonchev–Trinajstić information content (AvgIpc) is 3.29. The second-order valence-corrected chi connectivity index (χ2v) is 7.30. The van der Waals surface area contributed by atoms with Crippen molar-refractivity contribution in [3.8, 4) is 11.8 Å². The monoisotopic (exact) mass is 421 g/mol. The summed E-state index contributed by atoms with van der Waals surface area (Å²) >= 11 is 0. The first kappa shape index (κ1) is 20.2. The number of hydrogen-bond acceptors (Lipinski definition) is 4. The van der Waals surface area contributed by atoms with Crippen LogP contribution in [0.15, 0.2) is 48.7 Å². The van der Waals surface area contributed by atoms with Gasteiger partial charge in [0, 0.05) is 18.2 Å². The number of rotatable bonds is 2.